The van der Waals surface area contributed by atoms with Crippen LogP contribution in [0, 0.1) is 0 Å². The highest BCUT2D eigenvalue weighted by Gasteiger charge is 2.19. The number of aryl methyl sites for hydroxylation is 1. The number of hydrogen-bond acceptors (Lipinski definition) is 5. The van der Waals surface area contributed by atoms with Crippen LogP contribution >= 0.6 is 11.3 Å². The Kier molecular flexibility index (Phi) is 4.54. The highest BCUT2D eigenvalue weighted by atomic mass is 32.1. The minimum Gasteiger partial charge on any atom is -0.481 e. The van der Waals surface area contributed by atoms with Gasteiger partial charge in [-0.1, -0.05) is 6.92 Å². The van der Waals surface area contributed by atoms with E-state index in [4.69, 9.17) is 5.11 Å². The molecule has 1 aromatic rings. The average molecular weight is 269 g/mol. The molecule has 2 heterocycles. The third-order valence-electron chi connectivity index (χ3n) is 3.17. The second-order valence-corrected chi connectivity index (χ2v) is 5.53. The Morgan fingerprint density at radius 3 is 2.72 bits per heavy atom. The van der Waals surface area contributed by atoms with Gasteiger partial charge >= 0.3 is 5.97 Å². The molecule has 0 aliphatic carbocycles. The zero-order valence-electron chi connectivity index (χ0n) is 10.6. The summed E-state index contributed by atoms with van der Waals surface area (Å²) in [5.74, 6) is -0.718. The van der Waals surface area contributed by atoms with Gasteiger partial charge in [-0.05, 0) is 6.42 Å². The molecule has 0 unspecified atom stereocenters. The minimum atomic E-state index is -0.718. The maximum Gasteiger partial charge on any atom is 0.304 e. The Morgan fingerprint density at radius 2 is 2.17 bits per heavy atom. The van der Waals surface area contributed by atoms with Crippen molar-refractivity contribution >= 4 is 22.4 Å². The van der Waals surface area contributed by atoms with Crippen LogP contribution in [0.3, 0.4) is 0 Å². The summed E-state index contributed by atoms with van der Waals surface area (Å²) in [6, 6.07) is 0. The van der Waals surface area contributed by atoms with Gasteiger partial charge in [0.25, 0.3) is 0 Å². The first-order chi connectivity index (χ1) is 8.69. The summed E-state index contributed by atoms with van der Waals surface area (Å²) < 4.78 is 0. The molecule has 100 valence electrons. The number of piperazine rings is 1. The van der Waals surface area contributed by atoms with Crippen LogP contribution in [0.5, 0.6) is 0 Å². The van der Waals surface area contributed by atoms with E-state index < -0.39 is 5.97 Å². The highest BCUT2D eigenvalue weighted by Crippen LogP contribution is 2.23. The fraction of sp³-hybridized carbons (Fsp3) is 0.667. The van der Waals surface area contributed by atoms with E-state index in [0.717, 1.165) is 37.7 Å². The van der Waals surface area contributed by atoms with Gasteiger partial charge in [-0.15, -0.1) is 11.3 Å². The minimum absolute atomic E-state index is 0.233. The summed E-state index contributed by atoms with van der Waals surface area (Å²) in [6.45, 7) is 6.53. The van der Waals surface area contributed by atoms with Crippen molar-refractivity contribution in [2.24, 2.45) is 0 Å². The Hall–Kier alpha value is -1.14. The molecule has 5 nitrogen and oxygen atoms in total. The zero-order chi connectivity index (χ0) is 13.0. The van der Waals surface area contributed by atoms with Crippen LogP contribution in [-0.4, -0.2) is 53.7 Å². The van der Waals surface area contributed by atoms with Gasteiger partial charge < -0.3 is 10.0 Å². The molecule has 0 radical (unpaired) electrons. The molecular weight excluding hydrogens is 250 g/mol. The van der Waals surface area contributed by atoms with Gasteiger partial charge in [0.2, 0.25) is 0 Å². The van der Waals surface area contributed by atoms with Crippen LogP contribution < -0.4 is 4.90 Å². The number of aliphatic carboxylic acids is 1. The molecule has 1 aliphatic heterocycles. The van der Waals surface area contributed by atoms with Gasteiger partial charge in [-0.3, -0.25) is 9.69 Å². The zero-order valence-corrected chi connectivity index (χ0v) is 11.4. The Bertz CT molecular complexity index is 400. The molecular formula is C12H19N3O2S. The second kappa shape index (κ2) is 6.15. The molecule has 1 aliphatic rings. The number of anilines is 1. The molecule has 6 heteroatoms. The molecule has 1 fully saturated rings. The van der Waals surface area contributed by atoms with Crippen molar-refractivity contribution in [2.75, 3.05) is 37.6 Å². The number of hydrogen-bond donors (Lipinski definition) is 1. The first kappa shape index (κ1) is 13.3. The van der Waals surface area contributed by atoms with Gasteiger partial charge in [0.05, 0.1) is 6.42 Å². The van der Waals surface area contributed by atoms with Crippen LogP contribution in [0.2, 0.25) is 0 Å². The highest BCUT2D eigenvalue weighted by molar-refractivity contribution is 7.15. The lowest BCUT2D eigenvalue weighted by molar-refractivity contribution is -0.137. The molecule has 0 amide bonds. The molecule has 0 saturated carbocycles. The van der Waals surface area contributed by atoms with Gasteiger partial charge in [-0.25, -0.2) is 4.98 Å². The number of nitrogens with zero attached hydrogens (tertiary/aromatic N) is 3. The fourth-order valence-electron chi connectivity index (χ4n) is 2.02. The Morgan fingerprint density at radius 1 is 1.44 bits per heavy atom. The third-order valence-corrected chi connectivity index (χ3v) is 4.38. The van der Waals surface area contributed by atoms with E-state index in [1.54, 1.807) is 11.3 Å². The van der Waals surface area contributed by atoms with E-state index in [1.807, 2.05) is 6.20 Å². The van der Waals surface area contributed by atoms with Crippen molar-refractivity contribution in [3.8, 4) is 0 Å². The summed E-state index contributed by atoms with van der Waals surface area (Å²) in [7, 11) is 0. The quantitative estimate of drug-likeness (QED) is 0.873. The van der Waals surface area contributed by atoms with Crippen LogP contribution in [0.4, 0.5) is 5.13 Å². The largest absolute Gasteiger partial charge is 0.481 e. The number of carboxylic acids is 1. The molecule has 18 heavy (non-hydrogen) atoms. The van der Waals surface area contributed by atoms with Crippen molar-refractivity contribution in [3.05, 3.63) is 11.1 Å². The number of carboxylic acid groups (broad SMARTS) is 1. The molecule has 0 bridgehead atoms. The van der Waals surface area contributed by atoms with Crippen LogP contribution in [-0.2, 0) is 11.2 Å². The SMILES string of the molecule is CCc1cnc(N2CCN(CCC(=O)O)CC2)s1. The third kappa shape index (κ3) is 3.43. The molecule has 1 N–H and O–H groups in total. The summed E-state index contributed by atoms with van der Waals surface area (Å²) >= 11 is 1.76. The number of thiazole rings is 1. The second-order valence-electron chi connectivity index (χ2n) is 4.44. The van der Waals surface area contributed by atoms with Gasteiger partial charge in [0.15, 0.2) is 5.13 Å². The van der Waals surface area contributed by atoms with E-state index in [0.29, 0.717) is 6.54 Å². The van der Waals surface area contributed by atoms with E-state index in [2.05, 4.69) is 21.7 Å². The van der Waals surface area contributed by atoms with Crippen molar-refractivity contribution in [1.29, 1.82) is 0 Å². The molecule has 2 rings (SSSR count). The van der Waals surface area contributed by atoms with Crippen molar-refractivity contribution in [1.82, 2.24) is 9.88 Å². The molecule has 1 aromatic heterocycles. The molecule has 0 aromatic carbocycles. The lowest BCUT2D eigenvalue weighted by Crippen LogP contribution is -2.46. The predicted molar refractivity (Wildman–Crippen MR) is 72.4 cm³/mol. The Labute approximate surface area is 111 Å². The number of rotatable bonds is 5. The lowest BCUT2D eigenvalue weighted by Gasteiger charge is -2.34. The maximum absolute atomic E-state index is 10.5. The number of carbonyl (C=O) groups is 1. The van der Waals surface area contributed by atoms with Crippen LogP contribution in [0.1, 0.15) is 18.2 Å². The monoisotopic (exact) mass is 269 g/mol. The maximum atomic E-state index is 10.5. The van der Waals surface area contributed by atoms with E-state index in [1.165, 1.54) is 4.88 Å². The van der Waals surface area contributed by atoms with Gasteiger partial charge in [0, 0.05) is 43.8 Å². The first-order valence-corrected chi connectivity index (χ1v) is 7.14. The van der Waals surface area contributed by atoms with Gasteiger partial charge in [0.1, 0.15) is 0 Å². The average Bonchev–Trinajstić information content (AvgIpc) is 2.85. The van der Waals surface area contributed by atoms with E-state index in [-0.39, 0.29) is 6.42 Å². The first-order valence-electron chi connectivity index (χ1n) is 6.33. The summed E-state index contributed by atoms with van der Waals surface area (Å²) in [4.78, 5) is 20.8. The summed E-state index contributed by atoms with van der Waals surface area (Å²) in [5.41, 5.74) is 0. The molecule has 0 atom stereocenters. The normalized spacial score (nSPS) is 17.1. The summed E-state index contributed by atoms with van der Waals surface area (Å²) in [6.07, 6.45) is 3.23. The fourth-order valence-corrected chi connectivity index (χ4v) is 2.92. The smallest absolute Gasteiger partial charge is 0.304 e. The van der Waals surface area contributed by atoms with Crippen molar-refractivity contribution in [3.63, 3.8) is 0 Å². The standard InChI is InChI=1S/C12H19N3O2S/c1-2-10-9-13-12(18-10)15-7-5-14(6-8-15)4-3-11(16)17/h9H,2-8H2,1H3,(H,16,17). The van der Waals surface area contributed by atoms with Crippen molar-refractivity contribution in [2.45, 2.75) is 19.8 Å². The predicted octanol–water partition coefficient (Wildman–Crippen LogP) is 1.30. The summed E-state index contributed by atoms with van der Waals surface area (Å²) in [5, 5.41) is 9.76. The number of aromatic nitrogens is 1. The van der Waals surface area contributed by atoms with Crippen LogP contribution in [0.25, 0.3) is 0 Å². The van der Waals surface area contributed by atoms with Crippen molar-refractivity contribution < 1.29 is 9.90 Å². The van der Waals surface area contributed by atoms with Crippen LogP contribution in [0.15, 0.2) is 6.20 Å². The van der Waals surface area contributed by atoms with E-state index in [9.17, 15) is 4.79 Å². The van der Waals surface area contributed by atoms with Gasteiger partial charge in [-0.2, -0.15) is 0 Å². The van der Waals surface area contributed by atoms with E-state index >= 15 is 0 Å². The Balaban J connectivity index is 1.81. The topological polar surface area (TPSA) is 56.7 Å². The molecule has 0 spiro atoms. The lowest BCUT2D eigenvalue weighted by atomic mass is 10.3. The molecule has 1 saturated heterocycles.